The van der Waals surface area contributed by atoms with Gasteiger partial charge in [-0.15, -0.1) is 0 Å². The van der Waals surface area contributed by atoms with Gasteiger partial charge in [-0.1, -0.05) is 84.9 Å². The molecule has 0 bridgehead atoms. The molecule has 6 rings (SSSR count). The van der Waals surface area contributed by atoms with E-state index in [9.17, 15) is 17.6 Å². The Labute approximate surface area is 223 Å². The minimum atomic E-state index is -4.35. The monoisotopic (exact) mass is 519 g/mol. The summed E-state index contributed by atoms with van der Waals surface area (Å²) in [5.74, 6) is -0.252. The normalized spacial score (nSPS) is 11.6. The van der Waals surface area contributed by atoms with E-state index in [1.54, 1.807) is 12.1 Å². The first-order valence-corrected chi connectivity index (χ1v) is 12.4. The molecule has 39 heavy (non-hydrogen) atoms. The van der Waals surface area contributed by atoms with Crippen LogP contribution >= 0.6 is 0 Å². The molecule has 5 aromatic carbocycles. The molecule has 5 heteroatoms. The highest BCUT2D eigenvalue weighted by Crippen LogP contribution is 2.33. The van der Waals surface area contributed by atoms with Crippen LogP contribution in [-0.4, -0.2) is 4.98 Å². The predicted octanol–water partition coefficient (Wildman–Crippen LogP) is 10.1. The minimum absolute atomic E-state index is 0.252. The molecule has 0 unspecified atom stereocenters. The summed E-state index contributed by atoms with van der Waals surface area (Å²) in [7, 11) is 0. The van der Waals surface area contributed by atoms with E-state index < -0.39 is 11.7 Å². The molecule has 0 spiro atoms. The molecule has 1 nitrogen and oxygen atoms in total. The fraction of sp³-hybridized carbons (Fsp3) is 0.0294. The number of halogens is 4. The van der Waals surface area contributed by atoms with Crippen LogP contribution in [0.4, 0.5) is 17.6 Å². The number of alkyl halides is 3. The second-order valence-electron chi connectivity index (χ2n) is 9.37. The first-order chi connectivity index (χ1) is 18.8. The molecule has 0 amide bonds. The van der Waals surface area contributed by atoms with E-state index in [0.29, 0.717) is 0 Å². The van der Waals surface area contributed by atoms with Crippen LogP contribution in [0, 0.1) is 5.82 Å². The Balaban J connectivity index is 1.22. The van der Waals surface area contributed by atoms with Crippen molar-refractivity contribution < 1.29 is 17.6 Å². The van der Waals surface area contributed by atoms with Crippen LogP contribution < -0.4 is 0 Å². The van der Waals surface area contributed by atoms with Crippen molar-refractivity contribution >= 4 is 10.9 Å². The summed E-state index contributed by atoms with van der Waals surface area (Å²) in [5.41, 5.74) is 7.81. The largest absolute Gasteiger partial charge is 0.416 e. The second kappa shape index (κ2) is 9.84. The van der Waals surface area contributed by atoms with Crippen LogP contribution in [0.2, 0.25) is 0 Å². The number of nitrogens with zero attached hydrogens (tertiary/aromatic N) is 1. The summed E-state index contributed by atoms with van der Waals surface area (Å²) in [4.78, 5) is 4.69. The van der Waals surface area contributed by atoms with Gasteiger partial charge in [0, 0.05) is 17.1 Å². The zero-order chi connectivity index (χ0) is 27.0. The molecule has 0 atom stereocenters. The number of benzene rings is 5. The molecule has 1 heterocycles. The lowest BCUT2D eigenvalue weighted by atomic mass is 9.98. The number of hydrogen-bond acceptors (Lipinski definition) is 1. The standard InChI is InChI=1S/C34H21F4N/c35-32-17-13-25(14-18-32)23-1-5-26(6-2-23)28-9-10-29-19-30(21-39-33(29)20-28)27-7-3-22(4-8-27)24-11-15-31(16-12-24)34(36,37)38/h1-21H. The summed E-state index contributed by atoms with van der Waals surface area (Å²) in [6.07, 6.45) is -2.51. The molecule has 0 aliphatic heterocycles. The SMILES string of the molecule is Fc1ccc(-c2ccc(-c3ccc4cc(-c5ccc(-c6ccc(C(F)(F)F)cc6)cc5)cnc4c3)cc2)cc1. The summed E-state index contributed by atoms with van der Waals surface area (Å²) in [6.45, 7) is 0. The van der Waals surface area contributed by atoms with Gasteiger partial charge in [0.1, 0.15) is 5.82 Å². The van der Waals surface area contributed by atoms with Gasteiger partial charge in [-0.25, -0.2) is 4.39 Å². The number of pyridine rings is 1. The molecule has 0 N–H and O–H groups in total. The van der Waals surface area contributed by atoms with Gasteiger partial charge in [0.05, 0.1) is 11.1 Å². The maximum Gasteiger partial charge on any atom is 0.416 e. The number of hydrogen-bond donors (Lipinski definition) is 0. The lowest BCUT2D eigenvalue weighted by molar-refractivity contribution is -0.137. The Hall–Kier alpha value is -4.77. The molecular formula is C34H21F4N. The van der Waals surface area contributed by atoms with Gasteiger partial charge < -0.3 is 0 Å². The maximum absolute atomic E-state index is 13.2. The van der Waals surface area contributed by atoms with Gasteiger partial charge in [-0.2, -0.15) is 13.2 Å². The van der Waals surface area contributed by atoms with Crippen molar-refractivity contribution in [1.29, 1.82) is 0 Å². The zero-order valence-corrected chi connectivity index (χ0v) is 20.6. The molecule has 0 saturated carbocycles. The van der Waals surface area contributed by atoms with Crippen LogP contribution in [0.15, 0.2) is 128 Å². The Kier molecular flexibility index (Phi) is 6.20. The van der Waals surface area contributed by atoms with Crippen LogP contribution in [0.3, 0.4) is 0 Å². The molecular weight excluding hydrogens is 498 g/mol. The fourth-order valence-corrected chi connectivity index (χ4v) is 4.66. The highest BCUT2D eigenvalue weighted by molar-refractivity contribution is 5.88. The van der Waals surface area contributed by atoms with E-state index in [1.165, 1.54) is 24.3 Å². The van der Waals surface area contributed by atoms with Crippen molar-refractivity contribution in [3.63, 3.8) is 0 Å². The van der Waals surface area contributed by atoms with Gasteiger partial charge in [0.25, 0.3) is 0 Å². The number of rotatable bonds is 4. The van der Waals surface area contributed by atoms with Crippen molar-refractivity contribution in [1.82, 2.24) is 4.98 Å². The Morgan fingerprint density at radius 3 is 1.36 bits per heavy atom. The average molecular weight is 520 g/mol. The average Bonchev–Trinajstić information content (AvgIpc) is 2.97. The van der Waals surface area contributed by atoms with E-state index >= 15 is 0 Å². The summed E-state index contributed by atoms with van der Waals surface area (Å²) in [5, 5.41) is 1.01. The van der Waals surface area contributed by atoms with Gasteiger partial charge >= 0.3 is 6.18 Å². The lowest BCUT2D eigenvalue weighted by Crippen LogP contribution is -2.03. The van der Waals surface area contributed by atoms with E-state index in [1.807, 2.05) is 60.8 Å². The number of fused-ring (bicyclic) bond motifs is 1. The van der Waals surface area contributed by atoms with E-state index in [2.05, 4.69) is 23.2 Å². The third-order valence-electron chi connectivity index (χ3n) is 6.84. The Morgan fingerprint density at radius 1 is 0.436 bits per heavy atom. The quantitative estimate of drug-likeness (QED) is 0.211. The molecule has 6 aromatic rings. The minimum Gasteiger partial charge on any atom is -0.256 e. The van der Waals surface area contributed by atoms with Gasteiger partial charge in [0.15, 0.2) is 0 Å². The summed E-state index contributed by atoms with van der Waals surface area (Å²) >= 11 is 0. The van der Waals surface area contributed by atoms with Gasteiger partial charge in [-0.05, 0) is 75.3 Å². The lowest BCUT2D eigenvalue weighted by Gasteiger charge is -2.09. The molecule has 0 aliphatic carbocycles. The Bertz CT molecular complexity index is 1750. The van der Waals surface area contributed by atoms with Crippen LogP contribution in [0.1, 0.15) is 5.56 Å². The summed E-state index contributed by atoms with van der Waals surface area (Å²) in [6, 6.07) is 35.7. The van der Waals surface area contributed by atoms with E-state index in [-0.39, 0.29) is 5.82 Å². The molecule has 0 fully saturated rings. The van der Waals surface area contributed by atoms with E-state index in [4.69, 9.17) is 0 Å². The zero-order valence-electron chi connectivity index (χ0n) is 20.6. The smallest absolute Gasteiger partial charge is 0.256 e. The third-order valence-corrected chi connectivity index (χ3v) is 6.84. The molecule has 190 valence electrons. The third kappa shape index (κ3) is 5.16. The van der Waals surface area contributed by atoms with Crippen molar-refractivity contribution in [3.05, 3.63) is 139 Å². The van der Waals surface area contributed by atoms with Crippen molar-refractivity contribution in [2.75, 3.05) is 0 Å². The first-order valence-electron chi connectivity index (χ1n) is 12.4. The van der Waals surface area contributed by atoms with Crippen molar-refractivity contribution in [2.45, 2.75) is 6.18 Å². The molecule has 1 aromatic heterocycles. The van der Waals surface area contributed by atoms with Crippen LogP contribution in [0.5, 0.6) is 0 Å². The highest BCUT2D eigenvalue weighted by Gasteiger charge is 2.29. The van der Waals surface area contributed by atoms with Gasteiger partial charge in [0.2, 0.25) is 0 Å². The van der Waals surface area contributed by atoms with Crippen LogP contribution in [-0.2, 0) is 6.18 Å². The van der Waals surface area contributed by atoms with Crippen molar-refractivity contribution in [3.8, 4) is 44.5 Å². The van der Waals surface area contributed by atoms with Crippen LogP contribution in [0.25, 0.3) is 55.4 Å². The maximum atomic E-state index is 13.2. The Morgan fingerprint density at radius 2 is 0.846 bits per heavy atom. The molecule has 0 radical (unpaired) electrons. The highest BCUT2D eigenvalue weighted by atomic mass is 19.4. The topological polar surface area (TPSA) is 12.9 Å². The van der Waals surface area contributed by atoms with Gasteiger partial charge in [-0.3, -0.25) is 4.98 Å². The predicted molar refractivity (Wildman–Crippen MR) is 148 cm³/mol. The van der Waals surface area contributed by atoms with Crippen molar-refractivity contribution in [2.24, 2.45) is 0 Å². The molecule has 0 aliphatic rings. The molecule has 0 saturated heterocycles. The number of aromatic nitrogens is 1. The van der Waals surface area contributed by atoms with E-state index in [0.717, 1.165) is 67.5 Å². The summed E-state index contributed by atoms with van der Waals surface area (Å²) < 4.78 is 51.8. The first kappa shape index (κ1) is 24.6. The second-order valence-corrected chi connectivity index (χ2v) is 9.37. The fourth-order valence-electron chi connectivity index (χ4n) is 4.66.